The van der Waals surface area contributed by atoms with Gasteiger partial charge in [0.05, 0.1) is 7.11 Å². The number of carbonyl (C=O) groups is 1. The molecule has 1 heterocycles. The van der Waals surface area contributed by atoms with E-state index in [2.05, 4.69) is 11.3 Å². The van der Waals surface area contributed by atoms with Gasteiger partial charge in [0, 0.05) is 12.4 Å². The Labute approximate surface area is 65.3 Å². The van der Waals surface area contributed by atoms with Crippen LogP contribution >= 0.6 is 0 Å². The Hall–Kier alpha value is -1.45. The predicted molar refractivity (Wildman–Crippen MR) is 40.3 cm³/mol. The highest BCUT2D eigenvalue weighted by Gasteiger charge is 2.16. The van der Waals surface area contributed by atoms with E-state index in [1.807, 2.05) is 0 Å². The number of amides is 1. The van der Waals surface area contributed by atoms with Crippen molar-refractivity contribution < 1.29 is 9.53 Å². The Morgan fingerprint density at radius 1 is 1.73 bits per heavy atom. The number of hydrogen-bond donors (Lipinski definition) is 0. The minimum atomic E-state index is -0.356. The predicted octanol–water partition coefficient (Wildman–Crippen LogP) is 0.943. The zero-order valence-corrected chi connectivity index (χ0v) is 6.36. The summed E-state index contributed by atoms with van der Waals surface area (Å²) in [6, 6.07) is 0. The van der Waals surface area contributed by atoms with E-state index in [1.165, 1.54) is 12.0 Å². The smallest absolute Gasteiger partial charge is 0.415 e. The summed E-state index contributed by atoms with van der Waals surface area (Å²) >= 11 is 0. The SMILES string of the molecule is C=CN1C=CN(C(=O)OC)C1. The second kappa shape index (κ2) is 3.09. The normalized spacial score (nSPS) is 15.4. The first-order valence-electron chi connectivity index (χ1n) is 3.19. The molecule has 0 N–H and O–H groups in total. The van der Waals surface area contributed by atoms with Crippen LogP contribution in [-0.2, 0) is 4.74 Å². The molecule has 0 saturated heterocycles. The molecule has 0 fully saturated rings. The summed E-state index contributed by atoms with van der Waals surface area (Å²) < 4.78 is 4.50. The van der Waals surface area contributed by atoms with Crippen LogP contribution in [0.2, 0.25) is 0 Å². The maximum atomic E-state index is 10.9. The second-order valence-corrected chi connectivity index (χ2v) is 2.08. The fourth-order valence-corrected chi connectivity index (χ4v) is 0.791. The van der Waals surface area contributed by atoms with E-state index < -0.39 is 0 Å². The van der Waals surface area contributed by atoms with Crippen molar-refractivity contribution in [2.75, 3.05) is 13.8 Å². The average molecular weight is 154 g/mol. The van der Waals surface area contributed by atoms with Gasteiger partial charge in [0.2, 0.25) is 0 Å². The molecule has 0 spiro atoms. The molecule has 1 rings (SSSR count). The molecule has 1 amide bonds. The van der Waals surface area contributed by atoms with Gasteiger partial charge in [-0.25, -0.2) is 4.79 Å². The van der Waals surface area contributed by atoms with E-state index in [1.54, 1.807) is 23.5 Å². The summed E-state index contributed by atoms with van der Waals surface area (Å²) in [5, 5.41) is 0. The van der Waals surface area contributed by atoms with Gasteiger partial charge in [0.25, 0.3) is 0 Å². The van der Waals surface area contributed by atoms with Crippen molar-refractivity contribution >= 4 is 6.09 Å². The third kappa shape index (κ3) is 1.52. The summed E-state index contributed by atoms with van der Waals surface area (Å²) in [5.41, 5.74) is 0. The van der Waals surface area contributed by atoms with Crippen molar-refractivity contribution in [3.8, 4) is 0 Å². The van der Waals surface area contributed by atoms with Crippen LogP contribution in [0.15, 0.2) is 25.2 Å². The minimum Gasteiger partial charge on any atom is -0.452 e. The van der Waals surface area contributed by atoms with Gasteiger partial charge in [0.1, 0.15) is 6.67 Å². The van der Waals surface area contributed by atoms with Gasteiger partial charge in [-0.15, -0.1) is 0 Å². The van der Waals surface area contributed by atoms with Crippen LogP contribution in [0.3, 0.4) is 0 Å². The van der Waals surface area contributed by atoms with Crippen molar-refractivity contribution in [3.63, 3.8) is 0 Å². The largest absolute Gasteiger partial charge is 0.452 e. The van der Waals surface area contributed by atoms with Crippen LogP contribution in [0.25, 0.3) is 0 Å². The van der Waals surface area contributed by atoms with Crippen LogP contribution in [-0.4, -0.2) is 29.7 Å². The molecule has 0 atom stereocenters. The summed E-state index contributed by atoms with van der Waals surface area (Å²) in [6.07, 6.45) is 4.68. The lowest BCUT2D eigenvalue weighted by Gasteiger charge is -2.14. The first-order chi connectivity index (χ1) is 5.27. The molecule has 0 aliphatic carbocycles. The van der Waals surface area contributed by atoms with Crippen LogP contribution < -0.4 is 0 Å². The molecule has 0 bridgehead atoms. The summed E-state index contributed by atoms with van der Waals surface area (Å²) in [7, 11) is 1.35. The topological polar surface area (TPSA) is 32.8 Å². The molecule has 0 saturated carbocycles. The van der Waals surface area contributed by atoms with Crippen molar-refractivity contribution in [2.24, 2.45) is 0 Å². The molecule has 1 aliphatic rings. The van der Waals surface area contributed by atoms with Crippen molar-refractivity contribution in [1.82, 2.24) is 9.80 Å². The quantitative estimate of drug-likeness (QED) is 0.563. The number of nitrogens with zero attached hydrogens (tertiary/aromatic N) is 2. The highest BCUT2D eigenvalue weighted by Crippen LogP contribution is 2.06. The highest BCUT2D eigenvalue weighted by atomic mass is 16.5. The first-order valence-corrected chi connectivity index (χ1v) is 3.19. The molecule has 4 heteroatoms. The molecule has 4 nitrogen and oxygen atoms in total. The molecule has 0 aromatic carbocycles. The third-order valence-electron chi connectivity index (χ3n) is 1.40. The number of carbonyl (C=O) groups excluding carboxylic acids is 1. The lowest BCUT2D eigenvalue weighted by molar-refractivity contribution is 0.135. The van der Waals surface area contributed by atoms with Gasteiger partial charge in [0.15, 0.2) is 0 Å². The van der Waals surface area contributed by atoms with E-state index in [0.29, 0.717) is 6.67 Å². The number of hydrogen-bond acceptors (Lipinski definition) is 3. The lowest BCUT2D eigenvalue weighted by atomic mass is 10.8. The van der Waals surface area contributed by atoms with E-state index >= 15 is 0 Å². The van der Waals surface area contributed by atoms with E-state index in [4.69, 9.17) is 0 Å². The summed E-state index contributed by atoms with van der Waals surface area (Å²) in [6.45, 7) is 4.04. The van der Waals surface area contributed by atoms with Gasteiger partial charge < -0.3 is 9.64 Å². The molecule has 0 radical (unpaired) electrons. The van der Waals surface area contributed by atoms with Gasteiger partial charge in [-0.05, 0) is 6.20 Å². The zero-order valence-electron chi connectivity index (χ0n) is 6.36. The monoisotopic (exact) mass is 154 g/mol. The van der Waals surface area contributed by atoms with Gasteiger partial charge in [-0.2, -0.15) is 0 Å². The standard InChI is InChI=1S/C7H10N2O2/c1-3-8-4-5-9(6-8)7(10)11-2/h3-5H,1,6H2,2H3. The van der Waals surface area contributed by atoms with Crippen molar-refractivity contribution in [2.45, 2.75) is 0 Å². The van der Waals surface area contributed by atoms with Gasteiger partial charge in [-0.3, -0.25) is 4.90 Å². The Morgan fingerprint density at radius 2 is 2.45 bits per heavy atom. The fraction of sp³-hybridized carbons (Fsp3) is 0.286. The van der Waals surface area contributed by atoms with Crippen LogP contribution in [0, 0.1) is 0 Å². The molecular formula is C7H10N2O2. The molecule has 0 unspecified atom stereocenters. The molecular weight excluding hydrogens is 144 g/mol. The Morgan fingerprint density at radius 3 is 2.91 bits per heavy atom. The van der Waals surface area contributed by atoms with Gasteiger partial charge >= 0.3 is 6.09 Å². The first kappa shape index (κ1) is 7.65. The van der Waals surface area contributed by atoms with E-state index in [0.717, 1.165) is 0 Å². The molecule has 60 valence electrons. The number of ether oxygens (including phenoxy) is 1. The molecule has 0 aromatic rings. The number of methoxy groups -OCH3 is 1. The number of rotatable bonds is 1. The van der Waals surface area contributed by atoms with Crippen molar-refractivity contribution in [3.05, 3.63) is 25.2 Å². The van der Waals surface area contributed by atoms with E-state index in [9.17, 15) is 4.79 Å². The van der Waals surface area contributed by atoms with Gasteiger partial charge in [-0.1, -0.05) is 6.58 Å². The molecule has 1 aliphatic heterocycles. The maximum absolute atomic E-state index is 10.9. The summed E-state index contributed by atoms with van der Waals surface area (Å²) in [5.74, 6) is 0. The Balaban J connectivity index is 2.49. The fourth-order valence-electron chi connectivity index (χ4n) is 0.791. The van der Waals surface area contributed by atoms with Crippen LogP contribution in [0.1, 0.15) is 0 Å². The Bertz CT molecular complexity index is 201. The van der Waals surface area contributed by atoms with E-state index in [-0.39, 0.29) is 6.09 Å². The van der Waals surface area contributed by atoms with Crippen molar-refractivity contribution in [1.29, 1.82) is 0 Å². The molecule has 0 aromatic heterocycles. The summed E-state index contributed by atoms with van der Waals surface area (Å²) in [4.78, 5) is 14.1. The molecule has 11 heavy (non-hydrogen) atoms. The van der Waals surface area contributed by atoms with Crippen LogP contribution in [0.5, 0.6) is 0 Å². The zero-order chi connectivity index (χ0) is 8.27. The third-order valence-corrected chi connectivity index (χ3v) is 1.40. The maximum Gasteiger partial charge on any atom is 0.415 e. The second-order valence-electron chi connectivity index (χ2n) is 2.08. The minimum absolute atomic E-state index is 0.356. The highest BCUT2D eigenvalue weighted by molar-refractivity contribution is 5.69. The lowest BCUT2D eigenvalue weighted by Crippen LogP contribution is -2.27. The Kier molecular flexibility index (Phi) is 2.15. The van der Waals surface area contributed by atoms with Crippen LogP contribution in [0.4, 0.5) is 4.79 Å². The average Bonchev–Trinajstić information content (AvgIpc) is 2.50.